The lowest BCUT2D eigenvalue weighted by Crippen LogP contribution is -2.46. The van der Waals surface area contributed by atoms with Gasteiger partial charge in [0, 0.05) is 18.4 Å². The molecule has 1 saturated carbocycles. The van der Waals surface area contributed by atoms with Crippen molar-refractivity contribution in [1.82, 2.24) is 9.97 Å². The predicted octanol–water partition coefficient (Wildman–Crippen LogP) is 2.23. The van der Waals surface area contributed by atoms with Crippen LogP contribution in [0.2, 0.25) is 0 Å². The van der Waals surface area contributed by atoms with Gasteiger partial charge in [-0.15, -0.1) is 0 Å². The summed E-state index contributed by atoms with van der Waals surface area (Å²) in [6.07, 6.45) is 6.85. The molecule has 2 N–H and O–H groups in total. The van der Waals surface area contributed by atoms with Crippen LogP contribution in [0.5, 0.6) is 0 Å². The Morgan fingerprint density at radius 3 is 2.83 bits per heavy atom. The highest BCUT2D eigenvalue weighted by Crippen LogP contribution is 2.38. The van der Waals surface area contributed by atoms with E-state index in [1.807, 2.05) is 13.8 Å². The van der Waals surface area contributed by atoms with E-state index in [9.17, 15) is 9.90 Å². The lowest BCUT2D eigenvalue weighted by molar-refractivity contribution is -0.150. The molecule has 2 unspecified atom stereocenters. The van der Waals surface area contributed by atoms with Crippen LogP contribution in [0.15, 0.2) is 12.4 Å². The summed E-state index contributed by atoms with van der Waals surface area (Å²) < 4.78 is 0. The molecule has 0 spiro atoms. The average Bonchev–Trinajstić information content (AvgIpc) is 2.34. The molecule has 0 amide bonds. The fourth-order valence-electron chi connectivity index (χ4n) is 2.54. The van der Waals surface area contributed by atoms with Gasteiger partial charge >= 0.3 is 5.97 Å². The van der Waals surface area contributed by atoms with Crippen LogP contribution >= 0.6 is 0 Å². The van der Waals surface area contributed by atoms with E-state index < -0.39 is 11.4 Å². The van der Waals surface area contributed by atoms with Gasteiger partial charge in [-0.05, 0) is 26.7 Å². The van der Waals surface area contributed by atoms with Crippen LogP contribution in [-0.2, 0) is 4.79 Å². The first-order valence-corrected chi connectivity index (χ1v) is 6.31. The van der Waals surface area contributed by atoms with Crippen molar-refractivity contribution in [3.8, 4) is 0 Å². The van der Waals surface area contributed by atoms with Crippen molar-refractivity contribution in [2.45, 2.75) is 45.6 Å². The lowest BCUT2D eigenvalue weighted by atomic mass is 9.71. The van der Waals surface area contributed by atoms with Crippen molar-refractivity contribution in [3.63, 3.8) is 0 Å². The zero-order valence-corrected chi connectivity index (χ0v) is 10.8. The smallest absolute Gasteiger partial charge is 0.311 e. The van der Waals surface area contributed by atoms with Crippen LogP contribution in [0.25, 0.3) is 0 Å². The van der Waals surface area contributed by atoms with Gasteiger partial charge in [0.1, 0.15) is 5.82 Å². The lowest BCUT2D eigenvalue weighted by Gasteiger charge is -2.38. The van der Waals surface area contributed by atoms with E-state index in [-0.39, 0.29) is 6.04 Å². The summed E-state index contributed by atoms with van der Waals surface area (Å²) in [7, 11) is 0. The number of carbonyl (C=O) groups is 1. The zero-order valence-electron chi connectivity index (χ0n) is 10.8. The molecule has 1 heterocycles. The van der Waals surface area contributed by atoms with Crippen molar-refractivity contribution in [3.05, 3.63) is 18.1 Å². The third-order valence-corrected chi connectivity index (χ3v) is 3.89. The Balaban J connectivity index is 2.21. The summed E-state index contributed by atoms with van der Waals surface area (Å²) in [5, 5.41) is 12.7. The van der Waals surface area contributed by atoms with Crippen molar-refractivity contribution >= 4 is 11.8 Å². The molecule has 5 heteroatoms. The molecular weight excluding hydrogens is 230 g/mol. The highest BCUT2D eigenvalue weighted by molar-refractivity contribution is 5.76. The minimum absolute atomic E-state index is 0.0841. The van der Waals surface area contributed by atoms with Crippen LogP contribution in [0.3, 0.4) is 0 Å². The predicted molar refractivity (Wildman–Crippen MR) is 68.4 cm³/mol. The molecule has 1 fully saturated rings. The van der Waals surface area contributed by atoms with Gasteiger partial charge in [0.05, 0.1) is 11.1 Å². The molecule has 1 aliphatic carbocycles. The third-order valence-electron chi connectivity index (χ3n) is 3.89. The molecule has 1 aliphatic rings. The molecule has 98 valence electrons. The number of anilines is 1. The zero-order chi connectivity index (χ0) is 13.2. The number of nitrogens with one attached hydrogen (secondary N) is 1. The van der Waals surface area contributed by atoms with Crippen molar-refractivity contribution in [1.29, 1.82) is 0 Å². The molecule has 0 aromatic carbocycles. The topological polar surface area (TPSA) is 75.1 Å². The number of hydrogen-bond acceptors (Lipinski definition) is 4. The van der Waals surface area contributed by atoms with Crippen molar-refractivity contribution in [2.24, 2.45) is 5.41 Å². The van der Waals surface area contributed by atoms with Crippen molar-refractivity contribution in [2.75, 3.05) is 5.32 Å². The van der Waals surface area contributed by atoms with E-state index in [1.165, 1.54) is 0 Å². The minimum atomic E-state index is -0.735. The molecular formula is C13H19N3O2. The monoisotopic (exact) mass is 249 g/mol. The van der Waals surface area contributed by atoms with E-state index in [1.54, 1.807) is 12.4 Å². The molecule has 18 heavy (non-hydrogen) atoms. The molecule has 1 aromatic rings. The number of carboxylic acids is 1. The maximum absolute atomic E-state index is 11.5. The number of rotatable bonds is 3. The Morgan fingerprint density at radius 1 is 1.44 bits per heavy atom. The molecule has 2 rings (SSSR count). The van der Waals surface area contributed by atoms with Gasteiger partial charge in [0.25, 0.3) is 0 Å². The van der Waals surface area contributed by atoms with E-state index in [0.717, 1.165) is 25.0 Å². The average molecular weight is 249 g/mol. The summed E-state index contributed by atoms with van der Waals surface area (Å²) >= 11 is 0. The summed E-state index contributed by atoms with van der Waals surface area (Å²) in [6, 6.07) is -0.0841. The maximum Gasteiger partial charge on any atom is 0.311 e. The Kier molecular flexibility index (Phi) is 3.50. The molecule has 0 bridgehead atoms. The van der Waals surface area contributed by atoms with Gasteiger partial charge in [-0.2, -0.15) is 0 Å². The van der Waals surface area contributed by atoms with E-state index in [4.69, 9.17) is 0 Å². The number of aliphatic carboxylic acids is 1. The Hall–Kier alpha value is -1.65. The van der Waals surface area contributed by atoms with E-state index in [0.29, 0.717) is 12.2 Å². The second kappa shape index (κ2) is 4.92. The number of aryl methyl sites for hydroxylation is 1. The highest BCUT2D eigenvalue weighted by atomic mass is 16.4. The third kappa shape index (κ3) is 2.30. The van der Waals surface area contributed by atoms with Crippen LogP contribution in [0.1, 0.15) is 38.3 Å². The first kappa shape index (κ1) is 12.8. The van der Waals surface area contributed by atoms with E-state index in [2.05, 4.69) is 15.3 Å². The minimum Gasteiger partial charge on any atom is -0.481 e. The van der Waals surface area contributed by atoms with Crippen LogP contribution < -0.4 is 5.32 Å². The Labute approximate surface area is 107 Å². The second-order valence-corrected chi connectivity index (χ2v) is 5.16. The molecule has 2 atom stereocenters. The van der Waals surface area contributed by atoms with Crippen LogP contribution in [0, 0.1) is 12.3 Å². The number of nitrogens with zero attached hydrogens (tertiary/aromatic N) is 2. The summed E-state index contributed by atoms with van der Waals surface area (Å²) in [6.45, 7) is 3.69. The number of carboxylic acid groups (broad SMARTS) is 1. The fourth-order valence-corrected chi connectivity index (χ4v) is 2.54. The van der Waals surface area contributed by atoms with Gasteiger partial charge in [-0.25, -0.2) is 4.98 Å². The second-order valence-electron chi connectivity index (χ2n) is 5.16. The first-order chi connectivity index (χ1) is 8.54. The Bertz CT molecular complexity index is 450. The number of aromatic nitrogens is 2. The van der Waals surface area contributed by atoms with Gasteiger partial charge < -0.3 is 10.4 Å². The standard InChI is InChI=1S/C13H19N3O2/c1-9-11(15-8-7-14-9)16-10-5-3-4-6-13(10,2)12(17)18/h7-8,10H,3-6H2,1-2H3,(H,15,16)(H,17,18). The van der Waals surface area contributed by atoms with Gasteiger partial charge in [-0.1, -0.05) is 12.8 Å². The van der Waals surface area contributed by atoms with Gasteiger partial charge in [-0.3, -0.25) is 9.78 Å². The summed E-state index contributed by atoms with van der Waals surface area (Å²) in [4.78, 5) is 19.9. The highest BCUT2D eigenvalue weighted by Gasteiger charge is 2.43. The molecule has 5 nitrogen and oxygen atoms in total. The quantitative estimate of drug-likeness (QED) is 0.859. The Morgan fingerprint density at radius 2 is 2.17 bits per heavy atom. The van der Waals surface area contributed by atoms with Gasteiger partial charge in [0.2, 0.25) is 0 Å². The van der Waals surface area contributed by atoms with Crippen LogP contribution in [0.4, 0.5) is 5.82 Å². The normalized spacial score (nSPS) is 27.8. The SMILES string of the molecule is Cc1nccnc1NC1CCCCC1(C)C(=O)O. The molecule has 1 aromatic heterocycles. The molecule has 0 aliphatic heterocycles. The molecule has 0 saturated heterocycles. The van der Waals surface area contributed by atoms with Gasteiger partial charge in [0.15, 0.2) is 0 Å². The maximum atomic E-state index is 11.5. The van der Waals surface area contributed by atoms with Crippen LogP contribution in [-0.4, -0.2) is 27.1 Å². The first-order valence-electron chi connectivity index (χ1n) is 6.31. The number of hydrogen-bond donors (Lipinski definition) is 2. The van der Waals surface area contributed by atoms with Crippen molar-refractivity contribution < 1.29 is 9.90 Å². The summed E-state index contributed by atoms with van der Waals surface area (Å²) in [5.74, 6) is -0.0434. The summed E-state index contributed by atoms with van der Waals surface area (Å²) in [5.41, 5.74) is 0.0816. The molecule has 0 radical (unpaired) electrons. The van der Waals surface area contributed by atoms with E-state index >= 15 is 0 Å². The fraction of sp³-hybridized carbons (Fsp3) is 0.615. The largest absolute Gasteiger partial charge is 0.481 e.